The Kier molecular flexibility index (Phi) is 3.66. The molecule has 0 unspecified atom stereocenters. The molecule has 0 amide bonds. The lowest BCUT2D eigenvalue weighted by atomic mass is 9.97. The summed E-state index contributed by atoms with van der Waals surface area (Å²) in [6.45, 7) is 2.07. The van der Waals surface area contributed by atoms with Gasteiger partial charge >= 0.3 is 6.21 Å². The number of ketones is 1. The summed E-state index contributed by atoms with van der Waals surface area (Å²) < 4.78 is 0. The van der Waals surface area contributed by atoms with Crippen molar-refractivity contribution in [1.82, 2.24) is 0 Å². The van der Waals surface area contributed by atoms with Gasteiger partial charge in [-0.3, -0.25) is 4.79 Å². The van der Waals surface area contributed by atoms with E-state index in [1.165, 1.54) is 16.3 Å². The maximum absolute atomic E-state index is 11.3. The van der Waals surface area contributed by atoms with Crippen molar-refractivity contribution in [2.75, 3.05) is 0 Å². The summed E-state index contributed by atoms with van der Waals surface area (Å²) in [5, 5.41) is 2.43. The molecule has 2 aromatic rings. The van der Waals surface area contributed by atoms with Gasteiger partial charge < -0.3 is 5.53 Å². The number of aryl methyl sites for hydroxylation is 2. The molecule has 0 heterocycles. The number of Topliss-reactive ketones (excluding diaryl/α,β-unsaturated/α-hetero) is 1. The molecule has 0 bridgehead atoms. The quantitative estimate of drug-likeness (QED) is 0.459. The topological polar surface area (TPSA) is 53.5 Å². The van der Waals surface area contributed by atoms with E-state index in [0.717, 1.165) is 11.8 Å². The molecule has 3 nitrogen and oxygen atoms in total. The lowest BCUT2D eigenvalue weighted by molar-refractivity contribution is -0.116. The van der Waals surface area contributed by atoms with Gasteiger partial charge in [0.05, 0.1) is 0 Å². The van der Waals surface area contributed by atoms with Gasteiger partial charge in [0.25, 0.3) is 0 Å². The molecule has 0 atom stereocenters. The average molecular weight is 238 g/mol. The predicted molar refractivity (Wildman–Crippen MR) is 71.7 cm³/mol. The van der Waals surface area contributed by atoms with E-state index in [1.54, 1.807) is 0 Å². The Labute approximate surface area is 106 Å². The van der Waals surface area contributed by atoms with Crippen LogP contribution in [0.25, 0.3) is 16.3 Å². The number of carbonyl (C=O) groups is 1. The second kappa shape index (κ2) is 5.39. The number of fused-ring (bicyclic) bond motifs is 1. The van der Waals surface area contributed by atoms with Gasteiger partial charge in [0, 0.05) is 6.42 Å². The molecule has 2 aromatic carbocycles. The molecular weight excluding hydrogens is 224 g/mol. The molecule has 0 fully saturated rings. The summed E-state index contributed by atoms with van der Waals surface area (Å²) in [5.41, 5.74) is 10.6. The predicted octanol–water partition coefficient (Wildman–Crippen LogP) is 2.95. The van der Waals surface area contributed by atoms with Gasteiger partial charge in [0.1, 0.15) is 0 Å². The van der Waals surface area contributed by atoms with Crippen molar-refractivity contribution in [3.05, 3.63) is 53.1 Å². The van der Waals surface area contributed by atoms with Gasteiger partial charge in [0.15, 0.2) is 0 Å². The third-order valence-electron chi connectivity index (χ3n) is 3.15. The Morgan fingerprint density at radius 2 is 2.06 bits per heavy atom. The summed E-state index contributed by atoms with van der Waals surface area (Å²) in [5.74, 6) is -0.162. The van der Waals surface area contributed by atoms with Crippen molar-refractivity contribution in [1.29, 1.82) is 0 Å². The maximum atomic E-state index is 11.3. The Morgan fingerprint density at radius 1 is 1.28 bits per heavy atom. The van der Waals surface area contributed by atoms with Crippen LogP contribution in [0.2, 0.25) is 0 Å². The first-order valence-corrected chi connectivity index (χ1v) is 5.90. The molecule has 0 N–H and O–H groups in total. The second-order valence-corrected chi connectivity index (χ2v) is 4.28. The molecule has 18 heavy (non-hydrogen) atoms. The van der Waals surface area contributed by atoms with Crippen LogP contribution in [0.3, 0.4) is 0 Å². The first-order chi connectivity index (χ1) is 8.72. The van der Waals surface area contributed by atoms with Crippen molar-refractivity contribution in [2.24, 2.45) is 0 Å². The van der Waals surface area contributed by atoms with E-state index in [2.05, 4.69) is 36.0 Å². The van der Waals surface area contributed by atoms with Crippen LogP contribution in [0.15, 0.2) is 36.4 Å². The molecule has 0 aliphatic rings. The van der Waals surface area contributed by atoms with Crippen molar-refractivity contribution in [2.45, 2.75) is 19.8 Å². The van der Waals surface area contributed by atoms with Gasteiger partial charge in [-0.05, 0) is 35.2 Å². The monoisotopic (exact) mass is 238 g/mol. The molecule has 0 saturated heterocycles. The van der Waals surface area contributed by atoms with E-state index in [4.69, 9.17) is 5.53 Å². The summed E-state index contributed by atoms with van der Waals surface area (Å²) in [7, 11) is 0. The lowest BCUT2D eigenvalue weighted by Gasteiger charge is -2.08. The van der Waals surface area contributed by atoms with Crippen LogP contribution >= 0.6 is 0 Å². The zero-order valence-electron chi connectivity index (χ0n) is 10.3. The van der Waals surface area contributed by atoms with Crippen LogP contribution in [0.5, 0.6) is 0 Å². The maximum Gasteiger partial charge on any atom is 0.323 e. The van der Waals surface area contributed by atoms with Crippen LogP contribution < -0.4 is 0 Å². The largest absolute Gasteiger partial charge is 0.361 e. The first-order valence-electron chi connectivity index (χ1n) is 5.90. The summed E-state index contributed by atoms with van der Waals surface area (Å²) in [6.07, 6.45) is 1.99. The molecule has 0 aliphatic heterocycles. The number of benzene rings is 2. The normalized spacial score (nSPS) is 10.1. The molecule has 90 valence electrons. The number of hydrogen-bond donors (Lipinski definition) is 0. The second-order valence-electron chi connectivity index (χ2n) is 4.28. The molecule has 0 radical (unpaired) electrons. The Morgan fingerprint density at radius 3 is 2.83 bits per heavy atom. The average Bonchev–Trinajstić information content (AvgIpc) is 2.39. The first kappa shape index (κ1) is 12.2. The minimum atomic E-state index is -0.162. The third kappa shape index (κ3) is 2.53. The van der Waals surface area contributed by atoms with E-state index in [1.807, 2.05) is 12.1 Å². The summed E-state index contributed by atoms with van der Waals surface area (Å²) >= 11 is 0. The van der Waals surface area contributed by atoms with Gasteiger partial charge in [-0.15, -0.1) is 0 Å². The highest BCUT2D eigenvalue weighted by molar-refractivity contribution is 6.25. The third-order valence-corrected chi connectivity index (χ3v) is 3.15. The molecule has 0 saturated carbocycles. The summed E-state index contributed by atoms with van der Waals surface area (Å²) in [4.78, 5) is 14.0. The van der Waals surface area contributed by atoms with Crippen LogP contribution in [0, 0.1) is 6.92 Å². The van der Waals surface area contributed by atoms with Gasteiger partial charge in [-0.1, -0.05) is 36.4 Å². The standard InChI is InChI=1S/C15H14N2O/c1-11-12(8-9-14(18)10-17-16)6-7-13-4-2-3-5-15(11)13/h2-7,10H,8-9H2,1H3. The van der Waals surface area contributed by atoms with Crippen LogP contribution in [-0.2, 0) is 11.2 Å². The van der Waals surface area contributed by atoms with Gasteiger partial charge in [0.2, 0.25) is 5.78 Å². The van der Waals surface area contributed by atoms with E-state index in [-0.39, 0.29) is 5.78 Å². The van der Waals surface area contributed by atoms with Crippen molar-refractivity contribution >= 4 is 22.8 Å². The van der Waals surface area contributed by atoms with Crippen molar-refractivity contribution in [3.63, 3.8) is 0 Å². The van der Waals surface area contributed by atoms with Gasteiger partial charge in [-0.25, -0.2) is 0 Å². The molecule has 2 rings (SSSR count). The highest BCUT2D eigenvalue weighted by Gasteiger charge is 2.07. The zero-order chi connectivity index (χ0) is 13.0. The minimum absolute atomic E-state index is 0.162. The van der Waals surface area contributed by atoms with E-state index in [0.29, 0.717) is 12.8 Å². The van der Waals surface area contributed by atoms with Crippen LogP contribution in [-0.4, -0.2) is 16.8 Å². The van der Waals surface area contributed by atoms with Crippen molar-refractivity contribution in [3.8, 4) is 0 Å². The Balaban J connectivity index is 2.26. The van der Waals surface area contributed by atoms with Crippen LogP contribution in [0.4, 0.5) is 0 Å². The fraction of sp³-hybridized carbons (Fsp3) is 0.200. The van der Waals surface area contributed by atoms with E-state index in [9.17, 15) is 4.79 Å². The SMILES string of the molecule is Cc1c(CCC(=O)C=[N+]=[N-])ccc2ccccc12. The highest BCUT2D eigenvalue weighted by Crippen LogP contribution is 2.22. The summed E-state index contributed by atoms with van der Waals surface area (Å²) in [6, 6.07) is 12.3. The molecule has 0 aliphatic carbocycles. The van der Waals surface area contributed by atoms with Gasteiger partial charge in [-0.2, -0.15) is 4.79 Å². The molecule has 0 aromatic heterocycles. The molecule has 3 heteroatoms. The number of nitrogens with zero attached hydrogens (tertiary/aromatic N) is 2. The van der Waals surface area contributed by atoms with E-state index < -0.39 is 0 Å². The Hall–Kier alpha value is -2.25. The zero-order valence-corrected chi connectivity index (χ0v) is 10.3. The molecule has 0 spiro atoms. The Bertz CT molecular complexity index is 640. The van der Waals surface area contributed by atoms with E-state index >= 15 is 0 Å². The lowest BCUT2D eigenvalue weighted by Crippen LogP contribution is -2.02. The highest BCUT2D eigenvalue weighted by atomic mass is 16.1. The fourth-order valence-electron chi connectivity index (χ4n) is 2.13. The van der Waals surface area contributed by atoms with Crippen LogP contribution in [0.1, 0.15) is 17.5 Å². The number of hydrogen-bond acceptors (Lipinski definition) is 1. The van der Waals surface area contributed by atoms with Crippen molar-refractivity contribution < 1.29 is 9.58 Å². The molecular formula is C15H14N2O. The number of rotatable bonds is 4. The smallest absolute Gasteiger partial charge is 0.323 e. The fourth-order valence-corrected chi connectivity index (χ4v) is 2.13. The minimum Gasteiger partial charge on any atom is -0.361 e. The number of carbonyl (C=O) groups excluding carboxylic acids is 1.